The molecule has 0 bridgehead atoms. The fourth-order valence-electron chi connectivity index (χ4n) is 1.88. The fourth-order valence-corrected chi connectivity index (χ4v) is 3.13. The summed E-state index contributed by atoms with van der Waals surface area (Å²) in [6.07, 6.45) is 2.02. The van der Waals surface area contributed by atoms with E-state index in [9.17, 15) is 4.79 Å². The van der Waals surface area contributed by atoms with Crippen molar-refractivity contribution in [2.75, 3.05) is 11.4 Å². The number of rotatable bonds is 5. The van der Waals surface area contributed by atoms with Gasteiger partial charge in [0.05, 0.1) is 10.6 Å². The van der Waals surface area contributed by atoms with Crippen LogP contribution < -0.4 is 4.90 Å². The van der Waals surface area contributed by atoms with Gasteiger partial charge in [-0.3, -0.25) is 4.79 Å². The van der Waals surface area contributed by atoms with Crippen LogP contribution >= 0.6 is 11.3 Å². The van der Waals surface area contributed by atoms with Gasteiger partial charge in [0.15, 0.2) is 11.4 Å². The van der Waals surface area contributed by atoms with Gasteiger partial charge < -0.3 is 4.90 Å². The Morgan fingerprint density at radius 2 is 2.00 bits per heavy atom. The molecule has 0 aliphatic carbocycles. The second kappa shape index (κ2) is 5.83. The summed E-state index contributed by atoms with van der Waals surface area (Å²) >= 11 is 1.51. The first kappa shape index (κ1) is 15.2. The maximum Gasteiger partial charge on any atom is 0.186 e. The van der Waals surface area contributed by atoms with Gasteiger partial charge in [-0.15, -0.1) is 0 Å². The predicted molar refractivity (Wildman–Crippen MR) is 79.0 cm³/mol. The predicted octanol–water partition coefficient (Wildman–Crippen LogP) is 3.88. The van der Waals surface area contributed by atoms with Crippen LogP contribution in [0.15, 0.2) is 0 Å². The lowest BCUT2D eigenvalue weighted by atomic mass is 9.91. The summed E-state index contributed by atoms with van der Waals surface area (Å²) in [5.41, 5.74) is 0.833. The summed E-state index contributed by atoms with van der Waals surface area (Å²) in [6, 6.07) is 0.406. The number of hydrogen-bond donors (Lipinski definition) is 0. The van der Waals surface area contributed by atoms with E-state index in [0.29, 0.717) is 6.04 Å². The van der Waals surface area contributed by atoms with Gasteiger partial charge in [0.1, 0.15) is 0 Å². The first-order valence-electron chi connectivity index (χ1n) is 6.54. The Hall–Kier alpha value is -0.900. The van der Waals surface area contributed by atoms with Crippen molar-refractivity contribution in [2.45, 2.75) is 59.4 Å². The molecule has 0 amide bonds. The van der Waals surface area contributed by atoms with E-state index >= 15 is 0 Å². The standard InChI is InChI=1S/C14H24N2OS/c1-7-8-16(10(2)3)13-15-12(14(4,5)6)11(9-17)18-13/h9-10H,7-8H2,1-6H3. The number of aromatic nitrogens is 1. The van der Waals surface area contributed by atoms with Crippen LogP contribution in [0.3, 0.4) is 0 Å². The fraction of sp³-hybridized carbons (Fsp3) is 0.714. The first-order chi connectivity index (χ1) is 8.31. The molecule has 1 rings (SSSR count). The van der Waals surface area contributed by atoms with Crippen LogP contribution in [-0.2, 0) is 5.41 Å². The lowest BCUT2D eigenvalue weighted by Crippen LogP contribution is -2.31. The molecule has 1 aromatic rings. The highest BCUT2D eigenvalue weighted by Gasteiger charge is 2.25. The van der Waals surface area contributed by atoms with Gasteiger partial charge in [-0.25, -0.2) is 4.98 Å². The van der Waals surface area contributed by atoms with Crippen LogP contribution in [0, 0.1) is 0 Å². The molecule has 3 nitrogen and oxygen atoms in total. The van der Waals surface area contributed by atoms with Crippen LogP contribution in [0.2, 0.25) is 0 Å². The van der Waals surface area contributed by atoms with Crippen LogP contribution in [0.5, 0.6) is 0 Å². The highest BCUT2D eigenvalue weighted by Crippen LogP contribution is 2.33. The lowest BCUT2D eigenvalue weighted by molar-refractivity contribution is 0.112. The number of hydrogen-bond acceptors (Lipinski definition) is 4. The summed E-state index contributed by atoms with van der Waals surface area (Å²) in [7, 11) is 0. The monoisotopic (exact) mass is 268 g/mol. The van der Waals surface area contributed by atoms with E-state index in [4.69, 9.17) is 4.98 Å². The van der Waals surface area contributed by atoms with E-state index in [-0.39, 0.29) is 5.41 Å². The summed E-state index contributed by atoms with van der Waals surface area (Å²) in [5, 5.41) is 0.971. The zero-order valence-electron chi connectivity index (χ0n) is 12.3. The zero-order valence-corrected chi connectivity index (χ0v) is 13.1. The van der Waals surface area contributed by atoms with Crippen molar-refractivity contribution in [3.05, 3.63) is 10.6 Å². The Morgan fingerprint density at radius 3 is 2.33 bits per heavy atom. The molecule has 0 atom stereocenters. The van der Waals surface area contributed by atoms with Crippen LogP contribution in [0.4, 0.5) is 5.13 Å². The number of carbonyl (C=O) groups excluding carboxylic acids is 1. The van der Waals surface area contributed by atoms with Crippen molar-refractivity contribution in [1.82, 2.24) is 4.98 Å². The molecule has 1 aromatic heterocycles. The SMILES string of the molecule is CCCN(c1nc(C(C)(C)C)c(C=O)s1)C(C)C. The second-order valence-electron chi connectivity index (χ2n) is 5.86. The molecular formula is C14H24N2OS. The maximum absolute atomic E-state index is 11.2. The van der Waals surface area contributed by atoms with Crippen molar-refractivity contribution < 1.29 is 4.79 Å². The summed E-state index contributed by atoms with van der Waals surface area (Å²) in [6.45, 7) is 13.7. The van der Waals surface area contributed by atoms with Crippen molar-refractivity contribution in [2.24, 2.45) is 0 Å². The number of anilines is 1. The van der Waals surface area contributed by atoms with E-state index in [1.807, 2.05) is 0 Å². The Morgan fingerprint density at radius 1 is 1.39 bits per heavy atom. The number of aldehydes is 1. The van der Waals surface area contributed by atoms with E-state index < -0.39 is 0 Å². The Balaban J connectivity index is 3.18. The molecule has 102 valence electrons. The number of thiazole rings is 1. The molecule has 18 heavy (non-hydrogen) atoms. The van der Waals surface area contributed by atoms with Crippen molar-refractivity contribution in [3.63, 3.8) is 0 Å². The van der Waals surface area contributed by atoms with Crippen molar-refractivity contribution in [3.8, 4) is 0 Å². The Bertz CT molecular complexity index is 404. The van der Waals surface area contributed by atoms with E-state index in [1.165, 1.54) is 11.3 Å². The molecule has 0 unspecified atom stereocenters. The highest BCUT2D eigenvalue weighted by atomic mass is 32.1. The zero-order chi connectivity index (χ0) is 13.9. The van der Waals surface area contributed by atoms with Gasteiger partial charge in [-0.1, -0.05) is 39.0 Å². The van der Waals surface area contributed by atoms with Gasteiger partial charge in [-0.2, -0.15) is 0 Å². The average Bonchev–Trinajstić information content (AvgIpc) is 2.68. The number of carbonyl (C=O) groups is 1. The van der Waals surface area contributed by atoms with Crippen LogP contribution in [-0.4, -0.2) is 23.9 Å². The lowest BCUT2D eigenvalue weighted by Gasteiger charge is -2.25. The Labute approximate surface area is 114 Å². The minimum Gasteiger partial charge on any atom is -0.346 e. The Kier molecular flexibility index (Phi) is 4.91. The third kappa shape index (κ3) is 3.31. The molecular weight excluding hydrogens is 244 g/mol. The van der Waals surface area contributed by atoms with Crippen molar-refractivity contribution >= 4 is 22.8 Å². The van der Waals surface area contributed by atoms with Gasteiger partial charge >= 0.3 is 0 Å². The highest BCUT2D eigenvalue weighted by molar-refractivity contribution is 7.17. The van der Waals surface area contributed by atoms with E-state index in [2.05, 4.69) is 46.4 Å². The average molecular weight is 268 g/mol. The van der Waals surface area contributed by atoms with E-state index in [0.717, 1.165) is 35.0 Å². The number of nitrogens with zero attached hydrogens (tertiary/aromatic N) is 2. The summed E-state index contributed by atoms with van der Waals surface area (Å²) in [4.78, 5) is 18.9. The van der Waals surface area contributed by atoms with Gasteiger partial charge in [0.2, 0.25) is 0 Å². The van der Waals surface area contributed by atoms with Gasteiger partial charge in [0.25, 0.3) is 0 Å². The smallest absolute Gasteiger partial charge is 0.186 e. The first-order valence-corrected chi connectivity index (χ1v) is 7.36. The van der Waals surface area contributed by atoms with Crippen molar-refractivity contribution in [1.29, 1.82) is 0 Å². The molecule has 0 saturated carbocycles. The van der Waals surface area contributed by atoms with Crippen LogP contribution in [0.1, 0.15) is 63.3 Å². The molecule has 1 heterocycles. The van der Waals surface area contributed by atoms with Gasteiger partial charge in [0, 0.05) is 18.0 Å². The normalized spacial score (nSPS) is 11.9. The molecule has 0 aliphatic rings. The minimum absolute atomic E-state index is 0.0835. The molecule has 4 heteroatoms. The molecule has 0 saturated heterocycles. The quantitative estimate of drug-likeness (QED) is 0.760. The van der Waals surface area contributed by atoms with Crippen LogP contribution in [0.25, 0.3) is 0 Å². The van der Waals surface area contributed by atoms with Gasteiger partial charge in [-0.05, 0) is 20.3 Å². The third-order valence-electron chi connectivity index (χ3n) is 2.79. The van der Waals surface area contributed by atoms with E-state index in [1.54, 1.807) is 0 Å². The molecule has 0 aliphatic heterocycles. The third-order valence-corrected chi connectivity index (χ3v) is 3.81. The minimum atomic E-state index is -0.0835. The second-order valence-corrected chi connectivity index (χ2v) is 6.87. The molecule has 0 radical (unpaired) electrons. The molecule has 0 fully saturated rings. The molecule has 0 N–H and O–H groups in total. The topological polar surface area (TPSA) is 33.2 Å². The maximum atomic E-state index is 11.2. The molecule has 0 aromatic carbocycles. The summed E-state index contributed by atoms with van der Waals surface area (Å²) in [5.74, 6) is 0. The summed E-state index contributed by atoms with van der Waals surface area (Å²) < 4.78 is 0. The molecule has 0 spiro atoms. The largest absolute Gasteiger partial charge is 0.346 e.